The quantitative estimate of drug-likeness (QED) is 0.599. The van der Waals surface area contributed by atoms with Crippen molar-refractivity contribution in [1.29, 1.82) is 0 Å². The lowest BCUT2D eigenvalue weighted by Gasteiger charge is -2.30. The number of para-hydroxylation sites is 1. The lowest BCUT2D eigenvalue weighted by Crippen LogP contribution is -2.54. The van der Waals surface area contributed by atoms with E-state index < -0.39 is 41.3 Å². The summed E-state index contributed by atoms with van der Waals surface area (Å²) in [5.41, 5.74) is 1.45. The second kappa shape index (κ2) is 6.79. The fourth-order valence-corrected chi connectivity index (χ4v) is 5.76. The smallest absolute Gasteiger partial charge is 0.250 e. The molecule has 4 heterocycles. The number of likely N-dealkylation sites (tertiary alicyclic amines) is 1. The van der Waals surface area contributed by atoms with Crippen molar-refractivity contribution in [3.63, 3.8) is 0 Å². The molecule has 2 aromatic rings. The van der Waals surface area contributed by atoms with Gasteiger partial charge in [0.2, 0.25) is 24.5 Å². The number of amides is 3. The number of fused-ring (bicyclic) bond motifs is 5. The van der Waals surface area contributed by atoms with Crippen molar-refractivity contribution < 1.29 is 29.0 Å². The highest BCUT2D eigenvalue weighted by molar-refractivity contribution is 6.15. The summed E-state index contributed by atoms with van der Waals surface area (Å²) < 4.78 is 10.7. The van der Waals surface area contributed by atoms with Crippen LogP contribution in [0.3, 0.4) is 0 Å². The summed E-state index contributed by atoms with van der Waals surface area (Å²) in [5.74, 6) is -1.84. The molecule has 2 saturated heterocycles. The number of ether oxygens (including phenoxy) is 2. The van der Waals surface area contributed by atoms with Gasteiger partial charge < -0.3 is 19.9 Å². The molecule has 0 radical (unpaired) electrons. The zero-order valence-corrected chi connectivity index (χ0v) is 18.1. The number of anilines is 1. The van der Waals surface area contributed by atoms with Gasteiger partial charge in [0.05, 0.1) is 24.5 Å². The Morgan fingerprint density at radius 1 is 1.15 bits per heavy atom. The number of carbonyl (C=O) groups excluding carboxylic acids is 3. The number of hydrogen-bond acceptors (Lipinski definition) is 7. The van der Waals surface area contributed by atoms with E-state index in [1.54, 1.807) is 31.2 Å². The number of rotatable bonds is 3. The minimum Gasteiger partial charge on any atom is -0.454 e. The number of carbonyl (C=O) groups is 3. The fourth-order valence-electron chi connectivity index (χ4n) is 5.76. The minimum atomic E-state index is -1.41. The van der Waals surface area contributed by atoms with E-state index in [1.807, 2.05) is 19.1 Å². The summed E-state index contributed by atoms with van der Waals surface area (Å²) in [5, 5.41) is 16.6. The summed E-state index contributed by atoms with van der Waals surface area (Å²) in [6.07, 6.45) is -0.944. The highest BCUT2D eigenvalue weighted by Gasteiger charge is 2.71. The Kier molecular flexibility index (Phi) is 4.15. The van der Waals surface area contributed by atoms with Crippen LogP contribution in [0.2, 0.25) is 0 Å². The number of nitrogens with one attached hydrogen (secondary N) is 2. The van der Waals surface area contributed by atoms with Gasteiger partial charge >= 0.3 is 0 Å². The SMILES string of the molecule is Cc1cccc2c1NC(=O)[C@@]21N[C@@H]([C@@H](C)O)[C@H]2C(=O)N(Cc3ccc4c(c3)OCO4)C(=O)[C@@H]21. The first kappa shape index (κ1) is 20.2. The van der Waals surface area contributed by atoms with E-state index in [9.17, 15) is 19.5 Å². The average molecular weight is 449 g/mol. The van der Waals surface area contributed by atoms with Crippen LogP contribution in [0.5, 0.6) is 11.5 Å². The van der Waals surface area contributed by atoms with E-state index in [2.05, 4.69) is 10.6 Å². The fraction of sp³-hybridized carbons (Fsp3) is 0.375. The molecule has 2 fully saturated rings. The Morgan fingerprint density at radius 3 is 2.73 bits per heavy atom. The van der Waals surface area contributed by atoms with Gasteiger partial charge in [-0.15, -0.1) is 0 Å². The van der Waals surface area contributed by atoms with Gasteiger partial charge in [0.1, 0.15) is 5.54 Å². The molecule has 4 aliphatic rings. The molecule has 170 valence electrons. The van der Waals surface area contributed by atoms with Gasteiger partial charge in [-0.3, -0.25) is 24.6 Å². The second-order valence-electron chi connectivity index (χ2n) is 9.12. The standard InChI is InChI=1S/C24H23N3O6/c1-11-4-3-5-14-19(11)25-23(31)24(14)18-17(20(26-24)12(2)28)21(29)27(22(18)30)9-13-6-7-15-16(8-13)33-10-32-15/h3-8,12,17-18,20,26,28H,9-10H2,1-2H3,(H,25,31)/t12-,17+,18-,20+,24-/m1/s1. The van der Waals surface area contributed by atoms with Crippen molar-refractivity contribution >= 4 is 23.4 Å². The van der Waals surface area contributed by atoms with E-state index in [4.69, 9.17) is 9.47 Å². The van der Waals surface area contributed by atoms with Gasteiger partial charge in [-0.2, -0.15) is 0 Å². The third kappa shape index (κ3) is 2.57. The van der Waals surface area contributed by atoms with Gasteiger partial charge in [0.25, 0.3) is 0 Å². The predicted octanol–water partition coefficient (Wildman–Crippen LogP) is 1.03. The van der Waals surface area contributed by atoms with E-state index in [0.29, 0.717) is 28.3 Å². The molecule has 0 bridgehead atoms. The lowest BCUT2D eigenvalue weighted by atomic mass is 9.76. The molecule has 5 atom stereocenters. The van der Waals surface area contributed by atoms with Crippen molar-refractivity contribution in [3.8, 4) is 11.5 Å². The Labute approximate surface area is 189 Å². The maximum Gasteiger partial charge on any atom is 0.250 e. The second-order valence-corrected chi connectivity index (χ2v) is 9.12. The normalized spacial score (nSPS) is 30.1. The van der Waals surface area contributed by atoms with Crippen LogP contribution in [-0.2, 0) is 26.5 Å². The van der Waals surface area contributed by atoms with Crippen molar-refractivity contribution in [2.75, 3.05) is 12.1 Å². The molecule has 6 rings (SSSR count). The van der Waals surface area contributed by atoms with E-state index >= 15 is 0 Å². The van der Waals surface area contributed by atoms with Crippen LogP contribution in [-0.4, -0.2) is 46.7 Å². The van der Waals surface area contributed by atoms with Gasteiger partial charge in [-0.1, -0.05) is 24.3 Å². The minimum absolute atomic E-state index is 0.0478. The molecule has 0 saturated carbocycles. The number of aliphatic hydroxyl groups excluding tert-OH is 1. The molecule has 33 heavy (non-hydrogen) atoms. The van der Waals surface area contributed by atoms with Crippen molar-refractivity contribution in [3.05, 3.63) is 53.1 Å². The summed E-state index contributed by atoms with van der Waals surface area (Å²) >= 11 is 0. The molecule has 0 unspecified atom stereocenters. The Bertz CT molecular complexity index is 1230. The Balaban J connectivity index is 1.43. The summed E-state index contributed by atoms with van der Waals surface area (Å²) in [6, 6.07) is 10.0. The van der Waals surface area contributed by atoms with Gasteiger partial charge in [-0.25, -0.2) is 0 Å². The van der Waals surface area contributed by atoms with Gasteiger partial charge in [0.15, 0.2) is 11.5 Å². The Hall–Kier alpha value is -3.43. The van der Waals surface area contributed by atoms with Crippen LogP contribution < -0.4 is 20.1 Å². The molecule has 0 aliphatic carbocycles. The zero-order chi connectivity index (χ0) is 23.1. The summed E-state index contributed by atoms with van der Waals surface area (Å²) in [7, 11) is 0. The van der Waals surface area contributed by atoms with Crippen molar-refractivity contribution in [2.45, 2.75) is 38.1 Å². The number of nitrogens with zero attached hydrogens (tertiary/aromatic N) is 1. The monoisotopic (exact) mass is 449 g/mol. The number of imide groups is 1. The number of hydrogen-bond donors (Lipinski definition) is 3. The number of benzene rings is 2. The molecular formula is C24H23N3O6. The van der Waals surface area contributed by atoms with Crippen LogP contribution in [0.4, 0.5) is 5.69 Å². The molecular weight excluding hydrogens is 426 g/mol. The summed E-state index contributed by atoms with van der Waals surface area (Å²) in [4.78, 5) is 41.9. The van der Waals surface area contributed by atoms with Crippen LogP contribution in [0, 0.1) is 18.8 Å². The van der Waals surface area contributed by atoms with E-state index in [1.165, 1.54) is 4.90 Å². The van der Waals surface area contributed by atoms with Crippen LogP contribution in [0.15, 0.2) is 36.4 Å². The molecule has 9 nitrogen and oxygen atoms in total. The first-order chi connectivity index (χ1) is 15.8. The molecule has 9 heteroatoms. The third-order valence-corrected chi connectivity index (χ3v) is 7.28. The summed E-state index contributed by atoms with van der Waals surface area (Å²) in [6.45, 7) is 3.62. The van der Waals surface area contributed by atoms with E-state index in [-0.39, 0.29) is 19.2 Å². The largest absolute Gasteiger partial charge is 0.454 e. The Morgan fingerprint density at radius 2 is 1.94 bits per heavy atom. The van der Waals surface area contributed by atoms with Crippen LogP contribution in [0.25, 0.3) is 0 Å². The zero-order valence-electron chi connectivity index (χ0n) is 18.1. The van der Waals surface area contributed by atoms with Gasteiger partial charge in [-0.05, 0) is 37.1 Å². The number of aryl methyl sites for hydroxylation is 1. The highest BCUT2D eigenvalue weighted by atomic mass is 16.7. The lowest BCUT2D eigenvalue weighted by molar-refractivity contribution is -0.143. The first-order valence-corrected chi connectivity index (χ1v) is 10.9. The van der Waals surface area contributed by atoms with Crippen LogP contribution >= 0.6 is 0 Å². The molecule has 0 aromatic heterocycles. The third-order valence-electron chi connectivity index (χ3n) is 7.28. The van der Waals surface area contributed by atoms with Crippen LogP contribution in [0.1, 0.15) is 23.6 Å². The predicted molar refractivity (Wildman–Crippen MR) is 115 cm³/mol. The maximum absolute atomic E-state index is 13.8. The van der Waals surface area contributed by atoms with E-state index in [0.717, 1.165) is 5.56 Å². The first-order valence-electron chi connectivity index (χ1n) is 10.9. The molecule has 1 spiro atoms. The molecule has 3 N–H and O–H groups in total. The van der Waals surface area contributed by atoms with Gasteiger partial charge in [0, 0.05) is 17.3 Å². The molecule has 2 aromatic carbocycles. The number of aliphatic hydroxyl groups is 1. The maximum atomic E-state index is 13.8. The molecule has 4 aliphatic heterocycles. The molecule has 3 amide bonds. The average Bonchev–Trinajstić information content (AvgIpc) is 3.51. The van der Waals surface area contributed by atoms with Crippen molar-refractivity contribution in [1.82, 2.24) is 10.2 Å². The van der Waals surface area contributed by atoms with Crippen molar-refractivity contribution in [2.24, 2.45) is 11.8 Å². The topological polar surface area (TPSA) is 117 Å². The highest BCUT2D eigenvalue weighted by Crippen LogP contribution is 2.54.